The molecule has 1 heterocycles. The lowest BCUT2D eigenvalue weighted by atomic mass is 10.1. The highest BCUT2D eigenvalue weighted by Gasteiger charge is 2.37. The molecule has 1 aromatic rings. The van der Waals surface area contributed by atoms with Gasteiger partial charge in [-0.15, -0.1) is 0 Å². The fourth-order valence-electron chi connectivity index (χ4n) is 2.46. The molecule has 0 saturated carbocycles. The standard InChI is InChI=1S/C15H16FNO4/c1-9-7-10-13(11(16)8-9)17(15(21)14(10)20)6-4-2-3-5-12(18)19/h7-8H,2-6H2,1H3,(H,18,19). The lowest BCUT2D eigenvalue weighted by molar-refractivity contribution is -0.137. The molecule has 21 heavy (non-hydrogen) atoms. The summed E-state index contributed by atoms with van der Waals surface area (Å²) in [5, 5.41) is 8.53. The van der Waals surface area contributed by atoms with Gasteiger partial charge in [0.05, 0.1) is 11.3 Å². The molecule has 1 aromatic carbocycles. The van der Waals surface area contributed by atoms with Crippen LogP contribution in [0.15, 0.2) is 12.1 Å². The quantitative estimate of drug-likeness (QED) is 0.645. The van der Waals surface area contributed by atoms with E-state index in [4.69, 9.17) is 5.11 Å². The third-order valence-corrected chi connectivity index (χ3v) is 3.43. The molecule has 0 atom stereocenters. The molecule has 0 bridgehead atoms. The number of aliphatic carboxylic acids is 1. The molecule has 5 nitrogen and oxygen atoms in total. The number of benzene rings is 1. The highest BCUT2D eigenvalue weighted by atomic mass is 19.1. The maximum atomic E-state index is 14.0. The molecule has 6 heteroatoms. The van der Waals surface area contributed by atoms with E-state index in [0.29, 0.717) is 24.8 Å². The Kier molecular flexibility index (Phi) is 4.35. The number of Topliss-reactive ketones (excluding diaryl/α,β-unsaturated/α-hetero) is 1. The minimum atomic E-state index is -0.866. The maximum Gasteiger partial charge on any atom is 0.303 e. The van der Waals surface area contributed by atoms with Crippen LogP contribution >= 0.6 is 0 Å². The number of amides is 1. The second-order valence-electron chi connectivity index (χ2n) is 5.13. The highest BCUT2D eigenvalue weighted by Crippen LogP contribution is 2.33. The first-order valence-corrected chi connectivity index (χ1v) is 6.80. The van der Waals surface area contributed by atoms with Gasteiger partial charge in [0.1, 0.15) is 5.82 Å². The molecule has 1 aliphatic heterocycles. The predicted molar refractivity (Wildman–Crippen MR) is 73.9 cm³/mol. The first kappa shape index (κ1) is 15.2. The van der Waals surface area contributed by atoms with Crippen LogP contribution in [0.25, 0.3) is 0 Å². The van der Waals surface area contributed by atoms with Crippen molar-refractivity contribution in [3.8, 4) is 0 Å². The van der Waals surface area contributed by atoms with E-state index in [0.717, 1.165) is 4.90 Å². The van der Waals surface area contributed by atoms with Crippen molar-refractivity contribution in [1.29, 1.82) is 0 Å². The van der Waals surface area contributed by atoms with Gasteiger partial charge in [-0.25, -0.2) is 4.39 Å². The Morgan fingerprint density at radius 3 is 2.62 bits per heavy atom. The molecular weight excluding hydrogens is 277 g/mol. The van der Waals surface area contributed by atoms with Crippen LogP contribution in [0.1, 0.15) is 41.6 Å². The Labute approximate surface area is 121 Å². The molecule has 1 amide bonds. The Morgan fingerprint density at radius 1 is 1.24 bits per heavy atom. The molecule has 0 spiro atoms. The maximum absolute atomic E-state index is 14.0. The van der Waals surface area contributed by atoms with Gasteiger partial charge in [-0.1, -0.05) is 6.42 Å². The Hall–Kier alpha value is -2.24. The minimum absolute atomic E-state index is 0.0498. The zero-order chi connectivity index (χ0) is 15.6. The summed E-state index contributed by atoms with van der Waals surface area (Å²) in [5.74, 6) is -2.84. The minimum Gasteiger partial charge on any atom is -0.481 e. The third-order valence-electron chi connectivity index (χ3n) is 3.43. The number of ketones is 1. The SMILES string of the molecule is Cc1cc(F)c2c(c1)C(=O)C(=O)N2CCCCCC(=O)O. The second kappa shape index (κ2) is 6.03. The number of hydrogen-bond acceptors (Lipinski definition) is 3. The smallest absolute Gasteiger partial charge is 0.303 e. The van der Waals surface area contributed by atoms with Gasteiger partial charge in [-0.05, 0) is 37.5 Å². The zero-order valence-corrected chi connectivity index (χ0v) is 11.7. The number of carboxylic acid groups (broad SMARTS) is 1. The molecule has 0 aromatic heterocycles. The van der Waals surface area contributed by atoms with Crippen LogP contribution in [0.4, 0.5) is 10.1 Å². The second-order valence-corrected chi connectivity index (χ2v) is 5.13. The lowest BCUT2D eigenvalue weighted by Gasteiger charge is -2.17. The first-order chi connectivity index (χ1) is 9.91. The summed E-state index contributed by atoms with van der Waals surface area (Å²) in [6, 6.07) is 2.81. The van der Waals surface area contributed by atoms with E-state index in [1.165, 1.54) is 12.1 Å². The van der Waals surface area contributed by atoms with Crippen LogP contribution in [-0.4, -0.2) is 29.3 Å². The summed E-state index contributed by atoms with van der Waals surface area (Å²) in [7, 11) is 0. The number of carbonyl (C=O) groups is 3. The number of carbonyl (C=O) groups excluding carboxylic acids is 2. The van der Waals surface area contributed by atoms with Crippen molar-refractivity contribution in [3.05, 3.63) is 29.1 Å². The molecule has 1 N–H and O–H groups in total. The largest absolute Gasteiger partial charge is 0.481 e. The van der Waals surface area contributed by atoms with Crippen LogP contribution in [0, 0.1) is 12.7 Å². The van der Waals surface area contributed by atoms with Gasteiger partial charge in [0, 0.05) is 13.0 Å². The Bertz CT molecular complexity index is 612. The van der Waals surface area contributed by atoms with Crippen molar-refractivity contribution in [1.82, 2.24) is 0 Å². The number of anilines is 1. The van der Waals surface area contributed by atoms with E-state index in [2.05, 4.69) is 0 Å². The van der Waals surface area contributed by atoms with Crippen LogP contribution in [-0.2, 0) is 9.59 Å². The van der Waals surface area contributed by atoms with Gasteiger partial charge >= 0.3 is 5.97 Å². The van der Waals surface area contributed by atoms with E-state index in [-0.39, 0.29) is 24.2 Å². The molecule has 1 aliphatic rings. The fraction of sp³-hybridized carbons (Fsp3) is 0.400. The van der Waals surface area contributed by atoms with E-state index in [9.17, 15) is 18.8 Å². The van der Waals surface area contributed by atoms with E-state index in [1.807, 2.05) is 0 Å². The molecule has 0 radical (unpaired) electrons. The number of rotatable bonds is 6. The van der Waals surface area contributed by atoms with E-state index >= 15 is 0 Å². The van der Waals surface area contributed by atoms with Crippen molar-refractivity contribution in [2.75, 3.05) is 11.4 Å². The normalized spacial score (nSPS) is 13.7. The molecule has 0 saturated heterocycles. The summed E-state index contributed by atoms with van der Waals surface area (Å²) in [5.41, 5.74) is 0.757. The summed E-state index contributed by atoms with van der Waals surface area (Å²) in [6.45, 7) is 1.88. The van der Waals surface area contributed by atoms with Crippen LogP contribution in [0.5, 0.6) is 0 Å². The fourth-order valence-corrected chi connectivity index (χ4v) is 2.46. The monoisotopic (exact) mass is 293 g/mol. The van der Waals surface area contributed by atoms with Gasteiger partial charge in [-0.2, -0.15) is 0 Å². The number of carboxylic acids is 1. The van der Waals surface area contributed by atoms with Crippen molar-refractivity contribution in [2.45, 2.75) is 32.6 Å². The highest BCUT2D eigenvalue weighted by molar-refractivity contribution is 6.52. The first-order valence-electron chi connectivity index (χ1n) is 6.80. The van der Waals surface area contributed by atoms with Crippen LogP contribution in [0.2, 0.25) is 0 Å². The van der Waals surface area contributed by atoms with Crippen molar-refractivity contribution in [3.63, 3.8) is 0 Å². The lowest BCUT2D eigenvalue weighted by Crippen LogP contribution is -2.31. The average Bonchev–Trinajstić information content (AvgIpc) is 2.63. The third kappa shape index (κ3) is 3.09. The molecule has 2 rings (SSSR count). The van der Waals surface area contributed by atoms with E-state index < -0.39 is 23.5 Å². The van der Waals surface area contributed by atoms with Gasteiger partial charge in [0.15, 0.2) is 0 Å². The number of fused-ring (bicyclic) bond motifs is 1. The zero-order valence-electron chi connectivity index (χ0n) is 11.7. The molecule has 0 unspecified atom stereocenters. The van der Waals surface area contributed by atoms with Gasteiger partial charge in [0.25, 0.3) is 11.7 Å². The van der Waals surface area contributed by atoms with E-state index in [1.54, 1.807) is 6.92 Å². The summed E-state index contributed by atoms with van der Waals surface area (Å²) < 4.78 is 14.0. The van der Waals surface area contributed by atoms with Gasteiger partial charge < -0.3 is 10.0 Å². The van der Waals surface area contributed by atoms with Crippen molar-refractivity contribution in [2.24, 2.45) is 0 Å². The van der Waals surface area contributed by atoms with Gasteiger partial charge in [0.2, 0.25) is 0 Å². The summed E-state index contributed by atoms with van der Waals surface area (Å²) >= 11 is 0. The molecule has 0 fully saturated rings. The number of unbranched alkanes of at least 4 members (excludes halogenated alkanes) is 2. The van der Waals surface area contributed by atoms with Crippen molar-refractivity contribution >= 4 is 23.3 Å². The topological polar surface area (TPSA) is 74.7 Å². The molecular formula is C15H16FNO4. The predicted octanol–water partition coefficient (Wildman–Crippen LogP) is 2.31. The summed E-state index contributed by atoms with van der Waals surface area (Å²) in [4.78, 5) is 35.3. The summed E-state index contributed by atoms with van der Waals surface area (Å²) in [6.07, 6.45) is 1.69. The number of aryl methyl sites for hydroxylation is 1. The number of halogens is 1. The average molecular weight is 293 g/mol. The van der Waals surface area contributed by atoms with Crippen LogP contribution < -0.4 is 4.90 Å². The molecule has 0 aliphatic carbocycles. The van der Waals surface area contributed by atoms with Crippen molar-refractivity contribution < 1.29 is 23.9 Å². The Morgan fingerprint density at radius 2 is 1.95 bits per heavy atom. The van der Waals surface area contributed by atoms with Gasteiger partial charge in [-0.3, -0.25) is 14.4 Å². The Balaban J connectivity index is 2.07. The molecule has 112 valence electrons. The number of hydrogen-bond donors (Lipinski definition) is 1. The van der Waals surface area contributed by atoms with Crippen LogP contribution in [0.3, 0.4) is 0 Å². The number of nitrogens with zero attached hydrogens (tertiary/aromatic N) is 1.